The number of ether oxygens (including phenoxy) is 1. The van der Waals surface area contributed by atoms with Crippen LogP contribution in [0.2, 0.25) is 0 Å². The standard InChI is InChI=1S/C14H24N2O3/c1-3-10(9-19-2)15-12-8-13(17)16(14(12)18)11-6-4-5-7-11/h10-12,15H,3-9H2,1-2H3. The molecule has 2 unspecified atom stereocenters. The molecular formula is C14H24N2O3. The summed E-state index contributed by atoms with van der Waals surface area (Å²) in [5.41, 5.74) is 0. The maximum Gasteiger partial charge on any atom is 0.247 e. The molecule has 0 radical (unpaired) electrons. The van der Waals surface area contributed by atoms with Crippen LogP contribution in [0.4, 0.5) is 0 Å². The first-order chi connectivity index (χ1) is 9.17. The summed E-state index contributed by atoms with van der Waals surface area (Å²) in [6.07, 6.45) is 5.38. The van der Waals surface area contributed by atoms with Crippen LogP contribution in [-0.2, 0) is 14.3 Å². The molecule has 0 bridgehead atoms. The maximum atomic E-state index is 12.4. The van der Waals surface area contributed by atoms with E-state index in [4.69, 9.17) is 4.74 Å². The van der Waals surface area contributed by atoms with Crippen molar-refractivity contribution in [2.75, 3.05) is 13.7 Å². The van der Waals surface area contributed by atoms with Crippen LogP contribution in [0.25, 0.3) is 0 Å². The van der Waals surface area contributed by atoms with Crippen LogP contribution in [-0.4, -0.2) is 48.6 Å². The van der Waals surface area contributed by atoms with E-state index in [2.05, 4.69) is 5.32 Å². The van der Waals surface area contributed by atoms with Gasteiger partial charge in [-0.05, 0) is 19.3 Å². The van der Waals surface area contributed by atoms with Gasteiger partial charge in [-0.3, -0.25) is 14.5 Å². The molecule has 2 rings (SSSR count). The molecule has 1 saturated heterocycles. The van der Waals surface area contributed by atoms with Crippen LogP contribution >= 0.6 is 0 Å². The normalized spacial score (nSPS) is 26.4. The number of likely N-dealkylation sites (tertiary alicyclic amines) is 1. The number of nitrogens with one attached hydrogen (secondary N) is 1. The van der Waals surface area contributed by atoms with Gasteiger partial charge in [0.15, 0.2) is 0 Å². The SMILES string of the molecule is CCC(COC)NC1CC(=O)N(C2CCCC2)C1=O. The van der Waals surface area contributed by atoms with Crippen molar-refractivity contribution in [2.24, 2.45) is 0 Å². The number of imide groups is 1. The minimum Gasteiger partial charge on any atom is -0.383 e. The maximum absolute atomic E-state index is 12.4. The van der Waals surface area contributed by atoms with Gasteiger partial charge in [-0.2, -0.15) is 0 Å². The zero-order chi connectivity index (χ0) is 13.8. The molecular weight excluding hydrogens is 244 g/mol. The first-order valence-electron chi connectivity index (χ1n) is 7.28. The van der Waals surface area contributed by atoms with E-state index in [1.165, 1.54) is 4.90 Å². The van der Waals surface area contributed by atoms with Crippen molar-refractivity contribution in [3.63, 3.8) is 0 Å². The predicted octanol–water partition coefficient (Wildman–Crippen LogP) is 1.07. The summed E-state index contributed by atoms with van der Waals surface area (Å²) in [6.45, 7) is 2.62. The van der Waals surface area contributed by atoms with Crippen LogP contribution in [0, 0.1) is 0 Å². The van der Waals surface area contributed by atoms with Gasteiger partial charge >= 0.3 is 0 Å². The zero-order valence-electron chi connectivity index (χ0n) is 11.9. The molecule has 0 aromatic rings. The molecule has 5 nitrogen and oxygen atoms in total. The first-order valence-corrected chi connectivity index (χ1v) is 7.28. The number of rotatable bonds is 6. The van der Waals surface area contributed by atoms with Gasteiger partial charge in [0, 0.05) is 19.2 Å². The Hall–Kier alpha value is -0.940. The van der Waals surface area contributed by atoms with Crippen molar-refractivity contribution in [1.29, 1.82) is 0 Å². The zero-order valence-corrected chi connectivity index (χ0v) is 11.9. The molecule has 19 heavy (non-hydrogen) atoms. The fourth-order valence-electron chi connectivity index (χ4n) is 3.10. The van der Waals surface area contributed by atoms with E-state index in [1.54, 1.807) is 7.11 Å². The summed E-state index contributed by atoms with van der Waals surface area (Å²) < 4.78 is 5.12. The van der Waals surface area contributed by atoms with Crippen LogP contribution < -0.4 is 5.32 Å². The highest BCUT2D eigenvalue weighted by atomic mass is 16.5. The highest BCUT2D eigenvalue weighted by Gasteiger charge is 2.43. The molecule has 0 spiro atoms. The Labute approximate surface area is 114 Å². The lowest BCUT2D eigenvalue weighted by molar-refractivity contribution is -0.141. The minimum absolute atomic E-state index is 0.0123. The lowest BCUT2D eigenvalue weighted by Gasteiger charge is -2.23. The van der Waals surface area contributed by atoms with Crippen molar-refractivity contribution in [3.8, 4) is 0 Å². The highest BCUT2D eigenvalue weighted by Crippen LogP contribution is 2.28. The molecule has 2 aliphatic rings. The van der Waals surface area contributed by atoms with Crippen molar-refractivity contribution >= 4 is 11.8 Å². The predicted molar refractivity (Wildman–Crippen MR) is 71.6 cm³/mol. The number of amides is 2. The van der Waals surface area contributed by atoms with E-state index >= 15 is 0 Å². The summed E-state index contributed by atoms with van der Waals surface area (Å²) in [5.74, 6) is -0.0480. The summed E-state index contributed by atoms with van der Waals surface area (Å²) >= 11 is 0. The summed E-state index contributed by atoms with van der Waals surface area (Å²) in [5, 5.41) is 3.26. The molecule has 1 N–H and O–H groups in total. The second kappa shape index (κ2) is 6.48. The van der Waals surface area contributed by atoms with Crippen molar-refractivity contribution in [2.45, 2.75) is 63.6 Å². The van der Waals surface area contributed by atoms with Gasteiger partial charge in [-0.15, -0.1) is 0 Å². The molecule has 1 aliphatic carbocycles. The van der Waals surface area contributed by atoms with Gasteiger partial charge in [0.2, 0.25) is 11.8 Å². The topological polar surface area (TPSA) is 58.6 Å². The molecule has 2 fully saturated rings. The third-order valence-electron chi connectivity index (χ3n) is 4.17. The average molecular weight is 268 g/mol. The van der Waals surface area contributed by atoms with Gasteiger partial charge in [0.1, 0.15) is 0 Å². The van der Waals surface area contributed by atoms with Crippen LogP contribution in [0.15, 0.2) is 0 Å². The molecule has 1 aliphatic heterocycles. The van der Waals surface area contributed by atoms with Gasteiger partial charge in [-0.25, -0.2) is 0 Å². The summed E-state index contributed by atoms with van der Waals surface area (Å²) in [6, 6.07) is -0.0715. The number of nitrogens with zero attached hydrogens (tertiary/aromatic N) is 1. The fourth-order valence-corrected chi connectivity index (χ4v) is 3.10. The van der Waals surface area contributed by atoms with Crippen LogP contribution in [0.5, 0.6) is 0 Å². The molecule has 0 aromatic heterocycles. The number of methoxy groups -OCH3 is 1. The molecule has 5 heteroatoms. The fraction of sp³-hybridized carbons (Fsp3) is 0.857. The van der Waals surface area contributed by atoms with E-state index in [0.717, 1.165) is 32.1 Å². The van der Waals surface area contributed by atoms with Crippen LogP contribution in [0.3, 0.4) is 0 Å². The molecule has 108 valence electrons. The minimum atomic E-state index is -0.354. The van der Waals surface area contributed by atoms with Crippen LogP contribution in [0.1, 0.15) is 45.4 Å². The molecule has 1 heterocycles. The Morgan fingerprint density at radius 2 is 2.05 bits per heavy atom. The quantitative estimate of drug-likeness (QED) is 0.732. The third kappa shape index (κ3) is 3.15. The average Bonchev–Trinajstić information content (AvgIpc) is 2.98. The smallest absolute Gasteiger partial charge is 0.247 e. The van der Waals surface area contributed by atoms with Crippen molar-refractivity contribution in [3.05, 3.63) is 0 Å². The molecule has 0 aromatic carbocycles. The Bertz CT molecular complexity index is 340. The Kier molecular flexibility index (Phi) is 4.93. The Balaban J connectivity index is 1.96. The number of carbonyl (C=O) groups is 2. The first kappa shape index (κ1) is 14.5. The highest BCUT2D eigenvalue weighted by molar-refractivity contribution is 6.05. The van der Waals surface area contributed by atoms with E-state index in [1.807, 2.05) is 6.92 Å². The molecule has 2 amide bonds. The lowest BCUT2D eigenvalue weighted by Crippen LogP contribution is -2.47. The summed E-state index contributed by atoms with van der Waals surface area (Å²) in [7, 11) is 1.65. The van der Waals surface area contributed by atoms with E-state index in [9.17, 15) is 9.59 Å². The van der Waals surface area contributed by atoms with Gasteiger partial charge in [0.05, 0.1) is 19.1 Å². The van der Waals surface area contributed by atoms with Gasteiger partial charge < -0.3 is 10.1 Å². The lowest BCUT2D eigenvalue weighted by atomic mass is 10.1. The second-order valence-electron chi connectivity index (χ2n) is 5.52. The number of hydrogen-bond acceptors (Lipinski definition) is 4. The second-order valence-corrected chi connectivity index (χ2v) is 5.52. The number of hydrogen-bond donors (Lipinski definition) is 1. The molecule has 2 atom stereocenters. The van der Waals surface area contributed by atoms with Gasteiger partial charge in [0.25, 0.3) is 0 Å². The number of carbonyl (C=O) groups excluding carboxylic acids is 2. The summed E-state index contributed by atoms with van der Waals surface area (Å²) in [4.78, 5) is 25.9. The monoisotopic (exact) mass is 268 g/mol. The Morgan fingerprint density at radius 1 is 1.37 bits per heavy atom. The van der Waals surface area contributed by atoms with E-state index in [0.29, 0.717) is 13.0 Å². The van der Waals surface area contributed by atoms with Gasteiger partial charge in [-0.1, -0.05) is 19.8 Å². The molecule has 1 saturated carbocycles. The van der Waals surface area contributed by atoms with Crippen molar-refractivity contribution < 1.29 is 14.3 Å². The van der Waals surface area contributed by atoms with E-state index in [-0.39, 0.29) is 29.9 Å². The van der Waals surface area contributed by atoms with Crippen molar-refractivity contribution in [1.82, 2.24) is 10.2 Å². The largest absolute Gasteiger partial charge is 0.383 e. The van der Waals surface area contributed by atoms with E-state index < -0.39 is 0 Å². The third-order valence-corrected chi connectivity index (χ3v) is 4.17. The Morgan fingerprint density at radius 3 is 2.63 bits per heavy atom.